The van der Waals surface area contributed by atoms with Crippen molar-refractivity contribution in [3.63, 3.8) is 0 Å². The first-order valence-electron chi connectivity index (χ1n) is 6.77. The van der Waals surface area contributed by atoms with Crippen LogP contribution in [-0.4, -0.2) is 17.3 Å². The molecule has 0 aliphatic heterocycles. The third-order valence-electron chi connectivity index (χ3n) is 2.94. The van der Waals surface area contributed by atoms with Crippen LogP contribution in [-0.2, 0) is 11.2 Å². The summed E-state index contributed by atoms with van der Waals surface area (Å²) in [5, 5.41) is 2.59. The van der Waals surface area contributed by atoms with Gasteiger partial charge < -0.3 is 11.1 Å². The molecule has 0 aliphatic rings. The Labute approximate surface area is 140 Å². The van der Waals surface area contributed by atoms with Crippen LogP contribution in [0, 0.1) is 0 Å². The van der Waals surface area contributed by atoms with Gasteiger partial charge in [-0.3, -0.25) is 9.59 Å². The van der Waals surface area contributed by atoms with E-state index in [0.29, 0.717) is 16.8 Å². The number of nitrogens with one attached hydrogen (secondary N) is 1. The minimum Gasteiger partial charge on any atom is -0.369 e. The molecular formula is C16H13F3N2O2S. The summed E-state index contributed by atoms with van der Waals surface area (Å²) in [6, 6.07) is 11.7. The third kappa shape index (κ3) is 5.62. The van der Waals surface area contributed by atoms with Crippen molar-refractivity contribution >= 4 is 29.3 Å². The Hall–Kier alpha value is -2.48. The third-order valence-corrected chi connectivity index (χ3v) is 3.68. The lowest BCUT2D eigenvalue weighted by Crippen LogP contribution is -2.14. The predicted molar refractivity (Wildman–Crippen MR) is 85.6 cm³/mol. The van der Waals surface area contributed by atoms with E-state index in [1.54, 1.807) is 24.3 Å². The number of alkyl halides is 3. The Kier molecular flexibility index (Phi) is 5.50. The van der Waals surface area contributed by atoms with E-state index in [2.05, 4.69) is 5.32 Å². The molecule has 4 nitrogen and oxygen atoms in total. The highest BCUT2D eigenvalue weighted by atomic mass is 32.2. The van der Waals surface area contributed by atoms with Crippen molar-refractivity contribution in [1.29, 1.82) is 0 Å². The van der Waals surface area contributed by atoms with Crippen LogP contribution < -0.4 is 11.1 Å². The number of nitrogens with two attached hydrogens (primary N) is 1. The number of anilines is 1. The summed E-state index contributed by atoms with van der Waals surface area (Å²) in [5.41, 5.74) is 2.16. The van der Waals surface area contributed by atoms with Crippen LogP contribution in [0.25, 0.3) is 0 Å². The number of carbonyl (C=O) groups excluding carboxylic acids is 2. The zero-order valence-corrected chi connectivity index (χ0v) is 13.1. The smallest absolute Gasteiger partial charge is 0.369 e. The first-order valence-corrected chi connectivity index (χ1v) is 7.59. The van der Waals surface area contributed by atoms with E-state index in [0.717, 1.165) is 0 Å². The van der Waals surface area contributed by atoms with Crippen molar-refractivity contribution < 1.29 is 22.8 Å². The molecule has 0 atom stereocenters. The highest BCUT2D eigenvalue weighted by Crippen LogP contribution is 2.37. The van der Waals surface area contributed by atoms with Gasteiger partial charge in [-0.05, 0) is 53.7 Å². The molecule has 0 saturated heterocycles. The maximum Gasteiger partial charge on any atom is 0.446 e. The zero-order chi connectivity index (χ0) is 17.7. The standard InChI is InChI=1S/C16H13F3N2O2S/c17-16(18,19)24-13-7-5-12(6-8-13)21-15(23)11-3-1-10(2-4-11)9-14(20)22/h1-8H,9H2,(H2,20,22)(H,21,23). The van der Waals surface area contributed by atoms with Gasteiger partial charge in [0.15, 0.2) is 0 Å². The molecule has 24 heavy (non-hydrogen) atoms. The summed E-state index contributed by atoms with van der Waals surface area (Å²) in [7, 11) is 0. The van der Waals surface area contributed by atoms with Crippen molar-refractivity contribution in [2.75, 3.05) is 5.32 Å². The first kappa shape index (κ1) is 17.9. The molecule has 3 N–H and O–H groups in total. The molecule has 2 aromatic rings. The number of halogens is 3. The molecule has 0 aliphatic carbocycles. The number of amides is 2. The second-order valence-corrected chi connectivity index (χ2v) is 6.00. The van der Waals surface area contributed by atoms with Gasteiger partial charge in [-0.25, -0.2) is 0 Å². The second-order valence-electron chi connectivity index (χ2n) is 4.87. The van der Waals surface area contributed by atoms with Crippen LogP contribution in [0.1, 0.15) is 15.9 Å². The number of hydrogen-bond acceptors (Lipinski definition) is 3. The fraction of sp³-hybridized carbons (Fsp3) is 0.125. The number of rotatable bonds is 5. The molecule has 2 rings (SSSR count). The van der Waals surface area contributed by atoms with Gasteiger partial charge in [-0.15, -0.1) is 0 Å². The van der Waals surface area contributed by atoms with Crippen molar-refractivity contribution in [3.8, 4) is 0 Å². The summed E-state index contributed by atoms with van der Waals surface area (Å²) in [6.45, 7) is 0. The van der Waals surface area contributed by atoms with E-state index < -0.39 is 17.3 Å². The van der Waals surface area contributed by atoms with Crippen LogP contribution in [0.5, 0.6) is 0 Å². The maximum atomic E-state index is 12.2. The Bertz CT molecular complexity index is 728. The molecule has 0 bridgehead atoms. The molecule has 2 amide bonds. The highest BCUT2D eigenvalue weighted by molar-refractivity contribution is 8.00. The molecule has 2 aromatic carbocycles. The van der Waals surface area contributed by atoms with E-state index in [1.165, 1.54) is 24.3 Å². The van der Waals surface area contributed by atoms with Crippen molar-refractivity contribution in [2.24, 2.45) is 5.73 Å². The highest BCUT2D eigenvalue weighted by Gasteiger charge is 2.29. The quantitative estimate of drug-likeness (QED) is 0.806. The minimum atomic E-state index is -4.35. The van der Waals surface area contributed by atoms with Gasteiger partial charge in [0, 0.05) is 16.1 Å². The molecule has 126 valence electrons. The molecular weight excluding hydrogens is 341 g/mol. The Morgan fingerprint density at radius 3 is 2.08 bits per heavy atom. The van der Waals surface area contributed by atoms with E-state index in [-0.39, 0.29) is 23.1 Å². The van der Waals surface area contributed by atoms with E-state index in [9.17, 15) is 22.8 Å². The average molecular weight is 354 g/mol. The summed E-state index contributed by atoms with van der Waals surface area (Å²) in [4.78, 5) is 22.9. The Morgan fingerprint density at radius 2 is 1.58 bits per heavy atom. The second kappa shape index (κ2) is 7.39. The van der Waals surface area contributed by atoms with Crippen LogP contribution in [0.4, 0.5) is 18.9 Å². The predicted octanol–water partition coefficient (Wildman–Crippen LogP) is 3.58. The normalized spacial score (nSPS) is 11.1. The lowest BCUT2D eigenvalue weighted by molar-refractivity contribution is -0.117. The van der Waals surface area contributed by atoms with Gasteiger partial charge in [0.2, 0.25) is 5.91 Å². The fourth-order valence-corrected chi connectivity index (χ4v) is 2.46. The summed E-state index contributed by atoms with van der Waals surface area (Å²) in [6.07, 6.45) is 0.0836. The van der Waals surface area contributed by atoms with Gasteiger partial charge in [-0.1, -0.05) is 12.1 Å². The summed E-state index contributed by atoms with van der Waals surface area (Å²) in [5.74, 6) is -0.874. The molecule has 0 radical (unpaired) electrons. The van der Waals surface area contributed by atoms with Crippen molar-refractivity contribution in [2.45, 2.75) is 16.8 Å². The number of hydrogen-bond donors (Lipinski definition) is 2. The van der Waals surface area contributed by atoms with E-state index >= 15 is 0 Å². The van der Waals surface area contributed by atoms with Gasteiger partial charge >= 0.3 is 5.51 Å². The van der Waals surface area contributed by atoms with Gasteiger partial charge in [-0.2, -0.15) is 13.2 Å². The van der Waals surface area contributed by atoms with Crippen LogP contribution in [0.2, 0.25) is 0 Å². The number of primary amides is 1. The summed E-state index contributed by atoms with van der Waals surface area (Å²) < 4.78 is 36.7. The SMILES string of the molecule is NC(=O)Cc1ccc(C(=O)Nc2ccc(SC(F)(F)F)cc2)cc1. The molecule has 8 heteroatoms. The molecule has 0 unspecified atom stereocenters. The fourth-order valence-electron chi connectivity index (χ4n) is 1.92. The Morgan fingerprint density at radius 1 is 1.00 bits per heavy atom. The number of carbonyl (C=O) groups is 2. The average Bonchev–Trinajstić information content (AvgIpc) is 2.48. The molecule has 0 saturated carbocycles. The van der Waals surface area contributed by atoms with Crippen LogP contribution in [0.3, 0.4) is 0 Å². The molecule has 0 fully saturated rings. The van der Waals surface area contributed by atoms with Gasteiger partial charge in [0.25, 0.3) is 5.91 Å². The number of benzene rings is 2. The van der Waals surface area contributed by atoms with Crippen molar-refractivity contribution in [1.82, 2.24) is 0 Å². The lowest BCUT2D eigenvalue weighted by Gasteiger charge is -2.08. The monoisotopic (exact) mass is 354 g/mol. The van der Waals surface area contributed by atoms with Crippen LogP contribution in [0.15, 0.2) is 53.4 Å². The van der Waals surface area contributed by atoms with E-state index in [4.69, 9.17) is 5.73 Å². The maximum absolute atomic E-state index is 12.2. The minimum absolute atomic E-state index is 0.0382. The molecule has 0 aromatic heterocycles. The Balaban J connectivity index is 2.00. The largest absolute Gasteiger partial charge is 0.446 e. The van der Waals surface area contributed by atoms with Crippen LogP contribution >= 0.6 is 11.8 Å². The first-order chi connectivity index (χ1) is 11.2. The van der Waals surface area contributed by atoms with Gasteiger partial charge in [0.05, 0.1) is 6.42 Å². The number of thioether (sulfide) groups is 1. The lowest BCUT2D eigenvalue weighted by atomic mass is 10.1. The zero-order valence-electron chi connectivity index (χ0n) is 12.3. The topological polar surface area (TPSA) is 72.2 Å². The van der Waals surface area contributed by atoms with E-state index in [1.807, 2.05) is 0 Å². The molecule has 0 spiro atoms. The van der Waals surface area contributed by atoms with Gasteiger partial charge in [0.1, 0.15) is 0 Å². The van der Waals surface area contributed by atoms with Crippen molar-refractivity contribution in [3.05, 3.63) is 59.7 Å². The summed E-state index contributed by atoms with van der Waals surface area (Å²) >= 11 is -0.219. The molecule has 0 heterocycles.